The van der Waals surface area contributed by atoms with Gasteiger partial charge in [0, 0.05) is 12.3 Å². The second kappa shape index (κ2) is 9.56. The van der Waals surface area contributed by atoms with Crippen molar-refractivity contribution in [1.82, 2.24) is 0 Å². The molecule has 1 amide bonds. The number of carbonyl (C=O) groups is 2. The number of carbonyl (C=O) groups excluding carboxylic acids is 2. The first kappa shape index (κ1) is 20.9. The molecule has 1 saturated heterocycles. The summed E-state index contributed by atoms with van der Waals surface area (Å²) in [6.45, 7) is 6.70. The molecule has 0 aliphatic carbocycles. The van der Waals surface area contributed by atoms with Gasteiger partial charge in [0.25, 0.3) is 5.91 Å². The van der Waals surface area contributed by atoms with Crippen LogP contribution < -0.4 is 10.1 Å². The summed E-state index contributed by atoms with van der Waals surface area (Å²) in [6, 6.07) is 12.5. The average Bonchev–Trinajstić information content (AvgIpc) is 3.23. The molecule has 6 heteroatoms. The van der Waals surface area contributed by atoms with Gasteiger partial charge in [0.05, 0.1) is 11.7 Å². The zero-order valence-corrected chi connectivity index (χ0v) is 17.1. The average molecular weight is 397 g/mol. The Morgan fingerprint density at radius 1 is 1.17 bits per heavy atom. The number of benzene rings is 2. The van der Waals surface area contributed by atoms with Crippen molar-refractivity contribution in [3.05, 3.63) is 59.2 Å². The van der Waals surface area contributed by atoms with Crippen LogP contribution in [0.25, 0.3) is 0 Å². The van der Waals surface area contributed by atoms with Crippen molar-refractivity contribution >= 4 is 17.6 Å². The van der Waals surface area contributed by atoms with Crippen LogP contribution in [0.5, 0.6) is 5.75 Å². The second-order valence-corrected chi connectivity index (χ2v) is 7.33. The lowest BCUT2D eigenvalue weighted by molar-refractivity contribution is -0.123. The molecule has 1 aliphatic rings. The van der Waals surface area contributed by atoms with Crippen molar-refractivity contribution in [3.8, 4) is 5.75 Å². The van der Waals surface area contributed by atoms with Crippen molar-refractivity contribution in [2.75, 3.05) is 18.5 Å². The Bertz CT molecular complexity index is 856. The van der Waals surface area contributed by atoms with Gasteiger partial charge in [-0.3, -0.25) is 4.79 Å². The maximum absolute atomic E-state index is 12.4. The number of amides is 1. The molecule has 3 rings (SSSR count). The van der Waals surface area contributed by atoms with Crippen LogP contribution in [0.15, 0.2) is 42.5 Å². The van der Waals surface area contributed by atoms with Crippen LogP contribution in [0.4, 0.5) is 5.69 Å². The molecule has 1 aliphatic heterocycles. The summed E-state index contributed by atoms with van der Waals surface area (Å²) >= 11 is 0. The van der Waals surface area contributed by atoms with Crippen LogP contribution in [0.2, 0.25) is 0 Å². The molecule has 0 aromatic heterocycles. The molecule has 0 unspecified atom stereocenters. The summed E-state index contributed by atoms with van der Waals surface area (Å²) in [5, 5.41) is 2.81. The SMILES string of the molecule is Cc1ccc(C)c(NC(=O)[C@H](C)OC(=O)c2ccc(OC[C@@H]3CCCO3)cc2)c1. The van der Waals surface area contributed by atoms with Crippen LogP contribution in [0.3, 0.4) is 0 Å². The second-order valence-electron chi connectivity index (χ2n) is 7.33. The van der Waals surface area contributed by atoms with E-state index < -0.39 is 12.1 Å². The molecule has 1 N–H and O–H groups in total. The fourth-order valence-corrected chi connectivity index (χ4v) is 3.04. The first-order valence-corrected chi connectivity index (χ1v) is 9.86. The lowest BCUT2D eigenvalue weighted by Crippen LogP contribution is -2.30. The van der Waals surface area contributed by atoms with Crippen molar-refractivity contribution < 1.29 is 23.8 Å². The highest BCUT2D eigenvalue weighted by molar-refractivity contribution is 5.97. The predicted octanol–water partition coefficient (Wildman–Crippen LogP) is 4.05. The number of nitrogens with one attached hydrogen (secondary N) is 1. The Morgan fingerprint density at radius 3 is 2.62 bits per heavy atom. The first-order chi connectivity index (χ1) is 13.9. The number of hydrogen-bond donors (Lipinski definition) is 1. The highest BCUT2D eigenvalue weighted by Crippen LogP contribution is 2.19. The first-order valence-electron chi connectivity index (χ1n) is 9.86. The number of ether oxygens (including phenoxy) is 3. The maximum atomic E-state index is 12.4. The summed E-state index contributed by atoms with van der Waals surface area (Å²) in [5.74, 6) is -0.263. The summed E-state index contributed by atoms with van der Waals surface area (Å²) in [4.78, 5) is 24.7. The van der Waals surface area contributed by atoms with Gasteiger partial charge in [0.1, 0.15) is 12.4 Å². The van der Waals surface area contributed by atoms with Crippen LogP contribution in [-0.2, 0) is 14.3 Å². The lowest BCUT2D eigenvalue weighted by atomic mass is 10.1. The standard InChI is InChI=1S/C23H27NO5/c1-15-6-7-16(2)21(13-15)24-22(25)17(3)29-23(26)18-8-10-19(11-9-18)28-14-20-5-4-12-27-20/h6-11,13,17,20H,4-5,12,14H2,1-3H3,(H,24,25)/t17-,20-/m0/s1. The van der Waals surface area contributed by atoms with Crippen LogP contribution in [0.1, 0.15) is 41.3 Å². The van der Waals surface area contributed by atoms with E-state index in [-0.39, 0.29) is 12.0 Å². The Hall–Kier alpha value is -2.86. The Balaban J connectivity index is 1.51. The number of anilines is 1. The molecular weight excluding hydrogens is 370 g/mol. The van der Waals surface area contributed by atoms with E-state index in [2.05, 4.69) is 5.32 Å². The predicted molar refractivity (Wildman–Crippen MR) is 110 cm³/mol. The van der Waals surface area contributed by atoms with E-state index in [9.17, 15) is 9.59 Å². The third-order valence-electron chi connectivity index (χ3n) is 4.85. The van der Waals surface area contributed by atoms with Crippen molar-refractivity contribution in [2.45, 2.75) is 45.8 Å². The quantitative estimate of drug-likeness (QED) is 0.714. The van der Waals surface area contributed by atoms with Crippen molar-refractivity contribution in [1.29, 1.82) is 0 Å². The van der Waals surface area contributed by atoms with E-state index >= 15 is 0 Å². The summed E-state index contributed by atoms with van der Waals surface area (Å²) in [6.07, 6.45) is 1.29. The molecule has 1 fully saturated rings. The molecule has 2 aromatic rings. The number of rotatable bonds is 7. The minimum Gasteiger partial charge on any atom is -0.491 e. The van der Waals surface area contributed by atoms with E-state index in [1.165, 1.54) is 0 Å². The highest BCUT2D eigenvalue weighted by atomic mass is 16.5. The van der Waals surface area contributed by atoms with Crippen LogP contribution in [0, 0.1) is 13.8 Å². The summed E-state index contributed by atoms with van der Waals surface area (Å²) in [7, 11) is 0. The fraction of sp³-hybridized carbons (Fsp3) is 0.391. The van der Waals surface area contributed by atoms with Gasteiger partial charge in [-0.1, -0.05) is 12.1 Å². The molecule has 2 aromatic carbocycles. The molecule has 6 nitrogen and oxygen atoms in total. The lowest BCUT2D eigenvalue weighted by Gasteiger charge is -2.15. The van der Waals surface area contributed by atoms with Gasteiger partial charge in [-0.25, -0.2) is 4.79 Å². The Labute approximate surface area is 171 Å². The van der Waals surface area contributed by atoms with Crippen LogP contribution in [-0.4, -0.2) is 37.3 Å². The van der Waals surface area contributed by atoms with Gasteiger partial charge in [-0.2, -0.15) is 0 Å². The normalized spacial score (nSPS) is 16.9. The molecule has 2 atom stereocenters. The zero-order chi connectivity index (χ0) is 20.8. The molecule has 154 valence electrons. The maximum Gasteiger partial charge on any atom is 0.338 e. The molecule has 0 radical (unpaired) electrons. The third-order valence-corrected chi connectivity index (χ3v) is 4.85. The Kier molecular flexibility index (Phi) is 6.88. The molecule has 0 bridgehead atoms. The van der Waals surface area contributed by atoms with E-state index in [0.717, 1.165) is 30.6 Å². The van der Waals surface area contributed by atoms with E-state index in [1.807, 2.05) is 32.0 Å². The Morgan fingerprint density at radius 2 is 1.93 bits per heavy atom. The fourth-order valence-electron chi connectivity index (χ4n) is 3.04. The van der Waals surface area contributed by atoms with Crippen molar-refractivity contribution in [2.24, 2.45) is 0 Å². The van der Waals surface area contributed by atoms with Crippen LogP contribution >= 0.6 is 0 Å². The van der Waals surface area contributed by atoms with E-state index in [4.69, 9.17) is 14.2 Å². The topological polar surface area (TPSA) is 73.9 Å². The number of hydrogen-bond acceptors (Lipinski definition) is 5. The van der Waals surface area contributed by atoms with Gasteiger partial charge < -0.3 is 19.5 Å². The minimum absolute atomic E-state index is 0.135. The van der Waals surface area contributed by atoms with Crippen molar-refractivity contribution in [3.63, 3.8) is 0 Å². The monoisotopic (exact) mass is 397 g/mol. The largest absolute Gasteiger partial charge is 0.491 e. The van der Waals surface area contributed by atoms with Gasteiger partial charge in [-0.15, -0.1) is 0 Å². The summed E-state index contributed by atoms with van der Waals surface area (Å²) in [5.41, 5.74) is 3.06. The minimum atomic E-state index is -0.919. The third kappa shape index (κ3) is 5.81. The van der Waals surface area contributed by atoms with Gasteiger partial charge in [0.15, 0.2) is 6.10 Å². The highest BCUT2D eigenvalue weighted by Gasteiger charge is 2.20. The molecule has 29 heavy (non-hydrogen) atoms. The molecule has 0 saturated carbocycles. The van der Waals surface area contributed by atoms with Gasteiger partial charge >= 0.3 is 5.97 Å². The van der Waals surface area contributed by atoms with Gasteiger partial charge in [-0.05, 0) is 75.1 Å². The summed E-state index contributed by atoms with van der Waals surface area (Å²) < 4.78 is 16.5. The van der Waals surface area contributed by atoms with Gasteiger partial charge in [0.2, 0.25) is 0 Å². The van der Waals surface area contributed by atoms with E-state index in [1.54, 1.807) is 31.2 Å². The molecule has 0 spiro atoms. The molecular formula is C23H27NO5. The number of aryl methyl sites for hydroxylation is 2. The molecule has 1 heterocycles. The number of esters is 1. The smallest absolute Gasteiger partial charge is 0.338 e. The zero-order valence-electron chi connectivity index (χ0n) is 17.1. The van der Waals surface area contributed by atoms with E-state index in [0.29, 0.717) is 23.6 Å².